The molecule has 0 amide bonds. The van der Waals surface area contributed by atoms with Crippen molar-refractivity contribution >= 4 is 17.4 Å². The zero-order valence-corrected chi connectivity index (χ0v) is 8.69. The van der Waals surface area contributed by atoms with E-state index in [0.29, 0.717) is 5.56 Å². The number of carbonyl (C=O) groups excluding carboxylic acids is 1. The number of ketones is 1. The Morgan fingerprint density at radius 3 is 2.71 bits per heavy atom. The molecule has 14 heavy (non-hydrogen) atoms. The molecule has 0 aliphatic heterocycles. The molecule has 0 radical (unpaired) electrons. The van der Waals surface area contributed by atoms with Gasteiger partial charge in [-0.3, -0.25) is 4.79 Å². The molecular weight excluding hydrogens is 207 g/mol. The summed E-state index contributed by atoms with van der Waals surface area (Å²) in [6.07, 6.45) is 0. The van der Waals surface area contributed by atoms with Gasteiger partial charge < -0.3 is 4.74 Å². The first-order valence-electron chi connectivity index (χ1n) is 4.03. The maximum atomic E-state index is 13.3. The third-order valence-corrected chi connectivity index (χ3v) is 2.06. The summed E-state index contributed by atoms with van der Waals surface area (Å²) in [5, 5.41) is 0. The number of benzene rings is 1. The molecule has 0 fully saturated rings. The molecule has 1 aromatic rings. The highest BCUT2D eigenvalue weighted by molar-refractivity contribution is 6.30. The van der Waals surface area contributed by atoms with Crippen LogP contribution in [-0.4, -0.2) is 18.8 Å². The first-order chi connectivity index (χ1) is 6.60. The van der Waals surface area contributed by atoms with Gasteiger partial charge in [-0.05, 0) is 24.6 Å². The monoisotopic (exact) mass is 216 g/mol. The molecule has 1 aromatic carbocycles. The molecule has 0 heterocycles. The lowest BCUT2D eigenvalue weighted by Gasteiger charge is -2.08. The van der Waals surface area contributed by atoms with Crippen LogP contribution in [0.1, 0.15) is 15.9 Å². The third-order valence-electron chi connectivity index (χ3n) is 1.81. The van der Waals surface area contributed by atoms with Crippen LogP contribution >= 0.6 is 11.6 Å². The Bertz CT molecular complexity index is 363. The third kappa shape index (κ3) is 2.04. The summed E-state index contributed by atoms with van der Waals surface area (Å²) >= 11 is 5.39. The van der Waals surface area contributed by atoms with E-state index >= 15 is 0 Å². The summed E-state index contributed by atoms with van der Waals surface area (Å²) in [6, 6.07) is 2.87. The van der Waals surface area contributed by atoms with Gasteiger partial charge in [0, 0.05) is 0 Å². The van der Waals surface area contributed by atoms with Gasteiger partial charge >= 0.3 is 0 Å². The number of ether oxygens (including phenoxy) is 1. The molecule has 0 saturated carbocycles. The van der Waals surface area contributed by atoms with Crippen molar-refractivity contribution in [2.45, 2.75) is 6.92 Å². The van der Waals surface area contributed by atoms with Gasteiger partial charge in [0.15, 0.2) is 17.3 Å². The topological polar surface area (TPSA) is 26.3 Å². The van der Waals surface area contributed by atoms with E-state index in [1.807, 2.05) is 0 Å². The van der Waals surface area contributed by atoms with Crippen LogP contribution in [0.2, 0.25) is 0 Å². The maximum Gasteiger partial charge on any atom is 0.181 e. The van der Waals surface area contributed by atoms with Crippen LogP contribution in [0.15, 0.2) is 12.1 Å². The summed E-state index contributed by atoms with van der Waals surface area (Å²) in [6.45, 7) is 1.70. The Hall–Kier alpha value is -1.09. The van der Waals surface area contributed by atoms with Crippen LogP contribution < -0.4 is 4.74 Å². The van der Waals surface area contributed by atoms with E-state index in [-0.39, 0.29) is 23.0 Å². The molecule has 4 heteroatoms. The van der Waals surface area contributed by atoms with E-state index in [1.165, 1.54) is 13.2 Å². The molecule has 0 unspecified atom stereocenters. The van der Waals surface area contributed by atoms with E-state index in [2.05, 4.69) is 0 Å². The summed E-state index contributed by atoms with van der Waals surface area (Å²) in [5.74, 6) is -1.10. The molecule has 0 aromatic heterocycles. The van der Waals surface area contributed by atoms with Crippen molar-refractivity contribution in [1.29, 1.82) is 0 Å². The second-order valence-electron chi connectivity index (χ2n) is 2.88. The first-order valence-corrected chi connectivity index (χ1v) is 4.57. The fraction of sp³-hybridized carbons (Fsp3) is 0.300. The highest BCUT2D eigenvalue weighted by Crippen LogP contribution is 2.24. The van der Waals surface area contributed by atoms with Crippen molar-refractivity contribution in [3.63, 3.8) is 0 Å². The minimum Gasteiger partial charge on any atom is -0.493 e. The van der Waals surface area contributed by atoms with Crippen molar-refractivity contribution in [2.24, 2.45) is 0 Å². The minimum absolute atomic E-state index is 0.0405. The predicted octanol–water partition coefficient (Wildman–Crippen LogP) is 2.56. The Balaban J connectivity index is 3.32. The minimum atomic E-state index is -0.541. The van der Waals surface area contributed by atoms with Crippen LogP contribution in [-0.2, 0) is 0 Å². The van der Waals surface area contributed by atoms with E-state index in [1.54, 1.807) is 13.0 Å². The largest absolute Gasteiger partial charge is 0.493 e. The fourth-order valence-electron chi connectivity index (χ4n) is 1.22. The maximum absolute atomic E-state index is 13.3. The van der Waals surface area contributed by atoms with Crippen molar-refractivity contribution in [1.82, 2.24) is 0 Å². The summed E-state index contributed by atoms with van der Waals surface area (Å²) in [5.41, 5.74) is 0.858. The number of rotatable bonds is 3. The van der Waals surface area contributed by atoms with Crippen LogP contribution in [0.5, 0.6) is 5.75 Å². The second-order valence-corrected chi connectivity index (χ2v) is 3.15. The summed E-state index contributed by atoms with van der Waals surface area (Å²) in [4.78, 5) is 11.3. The van der Waals surface area contributed by atoms with E-state index in [4.69, 9.17) is 16.3 Å². The van der Waals surface area contributed by atoms with Gasteiger partial charge in [0.05, 0.1) is 18.6 Å². The SMILES string of the molecule is COc1c(F)cc(C)cc1C(=O)CCl. The fourth-order valence-corrected chi connectivity index (χ4v) is 1.36. The number of alkyl halides is 1. The lowest BCUT2D eigenvalue weighted by Crippen LogP contribution is -2.05. The Morgan fingerprint density at radius 2 is 2.21 bits per heavy atom. The van der Waals surface area contributed by atoms with Gasteiger partial charge in [-0.2, -0.15) is 0 Å². The zero-order valence-electron chi connectivity index (χ0n) is 7.93. The van der Waals surface area contributed by atoms with Crippen molar-refractivity contribution in [2.75, 3.05) is 13.0 Å². The first kappa shape index (κ1) is 11.0. The zero-order chi connectivity index (χ0) is 10.7. The van der Waals surface area contributed by atoms with Gasteiger partial charge in [0.2, 0.25) is 0 Å². The van der Waals surface area contributed by atoms with Gasteiger partial charge in [0.1, 0.15) is 0 Å². The molecule has 0 N–H and O–H groups in total. The van der Waals surface area contributed by atoms with Crippen molar-refractivity contribution < 1.29 is 13.9 Å². The van der Waals surface area contributed by atoms with Crippen molar-refractivity contribution in [3.8, 4) is 5.75 Å². The molecule has 0 spiro atoms. The summed E-state index contributed by atoms with van der Waals surface area (Å²) < 4.78 is 18.1. The highest BCUT2D eigenvalue weighted by Gasteiger charge is 2.15. The number of aryl methyl sites for hydroxylation is 1. The standard InChI is InChI=1S/C10H10ClFO2/c1-6-3-7(9(13)5-11)10(14-2)8(12)4-6/h3-4H,5H2,1-2H3. The van der Waals surface area contributed by atoms with Crippen LogP contribution in [0.4, 0.5) is 4.39 Å². The Morgan fingerprint density at radius 1 is 1.57 bits per heavy atom. The smallest absolute Gasteiger partial charge is 0.181 e. The normalized spacial score (nSPS) is 10.0. The molecule has 0 bridgehead atoms. The van der Waals surface area contributed by atoms with Gasteiger partial charge in [-0.1, -0.05) is 0 Å². The highest BCUT2D eigenvalue weighted by atomic mass is 35.5. The van der Waals surface area contributed by atoms with Crippen LogP contribution in [0, 0.1) is 12.7 Å². The molecule has 2 nitrogen and oxygen atoms in total. The molecule has 76 valence electrons. The predicted molar refractivity (Wildman–Crippen MR) is 52.7 cm³/mol. The average molecular weight is 217 g/mol. The summed E-state index contributed by atoms with van der Waals surface area (Å²) in [7, 11) is 1.32. The lowest BCUT2D eigenvalue weighted by atomic mass is 10.1. The number of Topliss-reactive ketones (excluding diaryl/α,β-unsaturated/α-hetero) is 1. The molecule has 0 aliphatic rings. The van der Waals surface area contributed by atoms with Crippen LogP contribution in [0.25, 0.3) is 0 Å². The molecule has 1 rings (SSSR count). The van der Waals surface area contributed by atoms with Gasteiger partial charge in [-0.15, -0.1) is 11.6 Å². The number of hydrogen-bond donors (Lipinski definition) is 0. The average Bonchev–Trinajstić information content (AvgIpc) is 2.15. The van der Waals surface area contributed by atoms with Gasteiger partial charge in [0.25, 0.3) is 0 Å². The van der Waals surface area contributed by atoms with E-state index < -0.39 is 5.82 Å². The van der Waals surface area contributed by atoms with E-state index in [0.717, 1.165) is 0 Å². The molecule has 0 aliphatic carbocycles. The molecular formula is C10H10ClFO2. The number of halogens is 2. The number of methoxy groups -OCH3 is 1. The molecule has 0 saturated heterocycles. The number of carbonyl (C=O) groups is 1. The van der Waals surface area contributed by atoms with Crippen LogP contribution in [0.3, 0.4) is 0 Å². The van der Waals surface area contributed by atoms with Gasteiger partial charge in [-0.25, -0.2) is 4.39 Å². The molecule has 0 atom stereocenters. The second kappa shape index (κ2) is 4.42. The lowest BCUT2D eigenvalue weighted by molar-refractivity contribution is 0.101. The Kier molecular flexibility index (Phi) is 3.47. The Labute approximate surface area is 86.6 Å². The van der Waals surface area contributed by atoms with E-state index in [9.17, 15) is 9.18 Å². The number of hydrogen-bond acceptors (Lipinski definition) is 2. The quantitative estimate of drug-likeness (QED) is 0.574. The van der Waals surface area contributed by atoms with Crippen molar-refractivity contribution in [3.05, 3.63) is 29.1 Å².